The van der Waals surface area contributed by atoms with Gasteiger partial charge in [-0.3, -0.25) is 4.79 Å². The summed E-state index contributed by atoms with van der Waals surface area (Å²) in [5.41, 5.74) is 6.80. The zero-order valence-electron chi connectivity index (χ0n) is 11.1. The van der Waals surface area contributed by atoms with Gasteiger partial charge in [-0.1, -0.05) is 0 Å². The Kier molecular flexibility index (Phi) is 4.63. The second-order valence-corrected chi connectivity index (χ2v) is 4.73. The molecule has 1 heterocycles. The van der Waals surface area contributed by atoms with E-state index < -0.39 is 0 Å². The van der Waals surface area contributed by atoms with Crippen LogP contribution >= 0.6 is 0 Å². The molecule has 1 amide bonds. The molecule has 19 heavy (non-hydrogen) atoms. The van der Waals surface area contributed by atoms with Crippen LogP contribution in [0, 0.1) is 5.92 Å². The fourth-order valence-electron chi connectivity index (χ4n) is 2.18. The van der Waals surface area contributed by atoms with Crippen LogP contribution in [0.3, 0.4) is 0 Å². The Morgan fingerprint density at radius 3 is 3.05 bits per heavy atom. The second kappa shape index (κ2) is 6.43. The van der Waals surface area contributed by atoms with Crippen molar-refractivity contribution < 1.29 is 14.3 Å². The second-order valence-electron chi connectivity index (χ2n) is 4.73. The van der Waals surface area contributed by atoms with Crippen molar-refractivity contribution in [2.45, 2.75) is 12.8 Å². The molecular formula is C14H20N2O3. The van der Waals surface area contributed by atoms with Gasteiger partial charge in [0.25, 0.3) is 5.91 Å². The molecule has 5 heteroatoms. The van der Waals surface area contributed by atoms with Gasteiger partial charge in [0.05, 0.1) is 12.8 Å². The van der Waals surface area contributed by atoms with E-state index >= 15 is 0 Å². The molecule has 1 atom stereocenters. The minimum Gasteiger partial charge on any atom is -0.495 e. The maximum Gasteiger partial charge on any atom is 0.251 e. The number of rotatable bonds is 5. The predicted molar refractivity (Wildman–Crippen MR) is 73.3 cm³/mol. The van der Waals surface area contributed by atoms with Crippen molar-refractivity contribution in [2.75, 3.05) is 32.6 Å². The lowest BCUT2D eigenvalue weighted by Crippen LogP contribution is -2.26. The highest BCUT2D eigenvalue weighted by Crippen LogP contribution is 2.21. The first-order chi connectivity index (χ1) is 9.20. The first-order valence-corrected chi connectivity index (χ1v) is 6.50. The number of methoxy groups -OCH3 is 1. The van der Waals surface area contributed by atoms with Crippen LogP contribution in [0.2, 0.25) is 0 Å². The molecule has 0 aromatic heterocycles. The lowest BCUT2D eigenvalue weighted by molar-refractivity contribution is 0.0950. The van der Waals surface area contributed by atoms with Crippen LogP contribution in [0.1, 0.15) is 23.2 Å². The van der Waals surface area contributed by atoms with Crippen LogP contribution in [-0.2, 0) is 4.74 Å². The number of nitrogens with two attached hydrogens (primary N) is 1. The van der Waals surface area contributed by atoms with Gasteiger partial charge in [0.15, 0.2) is 0 Å². The topological polar surface area (TPSA) is 73.6 Å². The molecule has 0 aliphatic carbocycles. The average Bonchev–Trinajstić information content (AvgIpc) is 2.91. The van der Waals surface area contributed by atoms with E-state index in [4.69, 9.17) is 15.2 Å². The average molecular weight is 264 g/mol. The van der Waals surface area contributed by atoms with E-state index in [1.54, 1.807) is 25.3 Å². The van der Waals surface area contributed by atoms with Crippen molar-refractivity contribution in [3.05, 3.63) is 23.8 Å². The van der Waals surface area contributed by atoms with Gasteiger partial charge in [-0.05, 0) is 37.0 Å². The quantitative estimate of drug-likeness (QED) is 0.789. The Morgan fingerprint density at radius 1 is 1.58 bits per heavy atom. The molecule has 1 aliphatic rings. The third-order valence-corrected chi connectivity index (χ3v) is 3.35. The maximum absolute atomic E-state index is 11.9. The summed E-state index contributed by atoms with van der Waals surface area (Å²) in [6.45, 7) is 2.32. The smallest absolute Gasteiger partial charge is 0.251 e. The van der Waals surface area contributed by atoms with E-state index in [1.165, 1.54) is 0 Å². The molecule has 1 aromatic carbocycles. The molecule has 0 saturated carbocycles. The molecule has 1 aliphatic heterocycles. The first kappa shape index (κ1) is 13.7. The van der Waals surface area contributed by atoms with Gasteiger partial charge >= 0.3 is 0 Å². The standard InChI is InChI=1S/C14H20N2O3/c1-18-13-3-2-11(8-12(13)15)14(17)16-6-4-10-5-7-19-9-10/h2-3,8,10H,4-7,9,15H2,1H3,(H,16,17). The molecular weight excluding hydrogens is 244 g/mol. The zero-order valence-corrected chi connectivity index (χ0v) is 11.1. The highest BCUT2D eigenvalue weighted by atomic mass is 16.5. The molecule has 0 radical (unpaired) electrons. The first-order valence-electron chi connectivity index (χ1n) is 6.50. The lowest BCUT2D eigenvalue weighted by Gasteiger charge is -2.10. The number of carbonyl (C=O) groups excluding carboxylic acids is 1. The normalized spacial score (nSPS) is 18.3. The number of anilines is 1. The highest BCUT2D eigenvalue weighted by molar-refractivity contribution is 5.95. The van der Waals surface area contributed by atoms with Crippen LogP contribution < -0.4 is 15.8 Å². The van der Waals surface area contributed by atoms with Crippen LogP contribution in [0.4, 0.5) is 5.69 Å². The molecule has 1 fully saturated rings. The summed E-state index contributed by atoms with van der Waals surface area (Å²) in [7, 11) is 1.55. The third-order valence-electron chi connectivity index (χ3n) is 3.35. The van der Waals surface area contributed by atoms with Gasteiger partial charge in [-0.25, -0.2) is 0 Å². The number of ether oxygens (including phenoxy) is 2. The molecule has 104 valence electrons. The van der Waals surface area contributed by atoms with Crippen LogP contribution in [0.5, 0.6) is 5.75 Å². The largest absolute Gasteiger partial charge is 0.495 e. The maximum atomic E-state index is 11.9. The molecule has 0 spiro atoms. The number of carbonyl (C=O) groups is 1. The van der Waals surface area contributed by atoms with E-state index in [0.29, 0.717) is 29.5 Å². The molecule has 1 unspecified atom stereocenters. The van der Waals surface area contributed by atoms with Gasteiger partial charge < -0.3 is 20.5 Å². The number of benzene rings is 1. The van der Waals surface area contributed by atoms with Crippen molar-refractivity contribution in [1.82, 2.24) is 5.32 Å². The van der Waals surface area contributed by atoms with Crippen molar-refractivity contribution in [3.8, 4) is 5.75 Å². The van der Waals surface area contributed by atoms with E-state index in [9.17, 15) is 4.79 Å². The fraction of sp³-hybridized carbons (Fsp3) is 0.500. The van der Waals surface area contributed by atoms with Gasteiger partial charge in [0.2, 0.25) is 0 Å². The third kappa shape index (κ3) is 3.61. The van der Waals surface area contributed by atoms with Crippen molar-refractivity contribution in [2.24, 2.45) is 5.92 Å². The van der Waals surface area contributed by atoms with Gasteiger partial charge in [0, 0.05) is 25.3 Å². The number of hydrogen-bond donors (Lipinski definition) is 2. The Bertz CT molecular complexity index is 442. The fourth-order valence-corrected chi connectivity index (χ4v) is 2.18. The van der Waals surface area contributed by atoms with E-state index in [2.05, 4.69) is 5.32 Å². The predicted octanol–water partition coefficient (Wildman–Crippen LogP) is 1.43. The highest BCUT2D eigenvalue weighted by Gasteiger charge is 2.15. The van der Waals surface area contributed by atoms with Crippen molar-refractivity contribution in [3.63, 3.8) is 0 Å². The number of hydrogen-bond acceptors (Lipinski definition) is 4. The van der Waals surface area contributed by atoms with E-state index in [1.807, 2.05) is 0 Å². The van der Waals surface area contributed by atoms with E-state index in [0.717, 1.165) is 26.1 Å². The number of amides is 1. The summed E-state index contributed by atoms with van der Waals surface area (Å²) in [4.78, 5) is 11.9. The molecule has 3 N–H and O–H groups in total. The molecule has 5 nitrogen and oxygen atoms in total. The monoisotopic (exact) mass is 264 g/mol. The summed E-state index contributed by atoms with van der Waals surface area (Å²) < 4.78 is 10.4. The van der Waals surface area contributed by atoms with Gasteiger partial charge in [0.1, 0.15) is 5.75 Å². The summed E-state index contributed by atoms with van der Waals surface area (Å²) in [6.07, 6.45) is 2.04. The molecule has 2 rings (SSSR count). The minimum absolute atomic E-state index is 0.103. The summed E-state index contributed by atoms with van der Waals surface area (Å²) >= 11 is 0. The Hall–Kier alpha value is -1.75. The molecule has 0 bridgehead atoms. The Labute approximate surface area is 113 Å². The van der Waals surface area contributed by atoms with Crippen molar-refractivity contribution >= 4 is 11.6 Å². The van der Waals surface area contributed by atoms with Crippen LogP contribution in [0.15, 0.2) is 18.2 Å². The molecule has 1 aromatic rings. The molecule has 1 saturated heterocycles. The van der Waals surface area contributed by atoms with Crippen LogP contribution in [-0.4, -0.2) is 32.8 Å². The van der Waals surface area contributed by atoms with Gasteiger partial charge in [-0.2, -0.15) is 0 Å². The van der Waals surface area contributed by atoms with Gasteiger partial charge in [-0.15, -0.1) is 0 Å². The SMILES string of the molecule is COc1ccc(C(=O)NCCC2CCOC2)cc1N. The van der Waals surface area contributed by atoms with Crippen LogP contribution in [0.25, 0.3) is 0 Å². The lowest BCUT2D eigenvalue weighted by atomic mass is 10.1. The Morgan fingerprint density at radius 2 is 2.42 bits per heavy atom. The summed E-state index contributed by atoms with van der Waals surface area (Å²) in [5.74, 6) is 1.05. The number of nitrogen functional groups attached to an aromatic ring is 1. The van der Waals surface area contributed by atoms with Crippen molar-refractivity contribution in [1.29, 1.82) is 0 Å². The van der Waals surface area contributed by atoms with E-state index in [-0.39, 0.29) is 5.91 Å². The zero-order chi connectivity index (χ0) is 13.7. The summed E-state index contributed by atoms with van der Waals surface area (Å²) in [6, 6.07) is 5.05. The number of nitrogens with one attached hydrogen (secondary N) is 1. The summed E-state index contributed by atoms with van der Waals surface area (Å²) in [5, 5.41) is 2.90. The minimum atomic E-state index is -0.103. The Balaban J connectivity index is 1.83.